The van der Waals surface area contributed by atoms with Crippen LogP contribution in [0.2, 0.25) is 0 Å². The predicted molar refractivity (Wildman–Crippen MR) is 93.4 cm³/mol. The highest BCUT2D eigenvalue weighted by Gasteiger charge is 2.25. The zero-order valence-corrected chi connectivity index (χ0v) is 14.8. The second-order valence-electron chi connectivity index (χ2n) is 5.87. The number of amides is 2. The van der Waals surface area contributed by atoms with Gasteiger partial charge in [-0.05, 0) is 19.1 Å². The van der Waals surface area contributed by atoms with Crippen LogP contribution in [-0.2, 0) is 9.53 Å². The molecule has 0 unspecified atom stereocenters. The Morgan fingerprint density at radius 1 is 1.19 bits per heavy atom. The van der Waals surface area contributed by atoms with Gasteiger partial charge in [0.1, 0.15) is 0 Å². The lowest BCUT2D eigenvalue weighted by Gasteiger charge is -2.33. The number of nitrogens with zero attached hydrogens (tertiary/aromatic N) is 3. The van der Waals surface area contributed by atoms with E-state index in [0.29, 0.717) is 44.3 Å². The van der Waals surface area contributed by atoms with Crippen molar-refractivity contribution in [1.29, 1.82) is 0 Å². The van der Waals surface area contributed by atoms with E-state index in [4.69, 9.17) is 14.2 Å². The van der Waals surface area contributed by atoms with Gasteiger partial charge < -0.3 is 24.0 Å². The molecule has 10 heteroatoms. The van der Waals surface area contributed by atoms with Gasteiger partial charge in [0.15, 0.2) is 11.5 Å². The van der Waals surface area contributed by atoms with Crippen LogP contribution in [0.3, 0.4) is 0 Å². The van der Waals surface area contributed by atoms with Crippen LogP contribution in [0, 0.1) is 10.1 Å². The van der Waals surface area contributed by atoms with Crippen LogP contribution in [0.25, 0.3) is 6.08 Å². The maximum Gasteiger partial charge on any atom is 0.409 e. The molecule has 0 atom stereocenters. The van der Waals surface area contributed by atoms with Crippen molar-refractivity contribution in [2.45, 2.75) is 6.92 Å². The number of nitro groups is 1. The summed E-state index contributed by atoms with van der Waals surface area (Å²) < 4.78 is 15.3. The van der Waals surface area contributed by atoms with Gasteiger partial charge in [-0.15, -0.1) is 0 Å². The number of carbonyl (C=O) groups excluding carboxylic acids is 2. The van der Waals surface area contributed by atoms with Crippen molar-refractivity contribution in [2.75, 3.05) is 39.6 Å². The molecular weight excluding hydrogens is 358 g/mol. The molecule has 0 saturated carbocycles. The van der Waals surface area contributed by atoms with E-state index in [-0.39, 0.29) is 24.0 Å². The van der Waals surface area contributed by atoms with Gasteiger partial charge in [-0.2, -0.15) is 0 Å². The van der Waals surface area contributed by atoms with Gasteiger partial charge in [0, 0.05) is 32.3 Å². The lowest BCUT2D eigenvalue weighted by Crippen LogP contribution is -2.50. The summed E-state index contributed by atoms with van der Waals surface area (Å²) in [5.41, 5.74) is 0.0817. The Balaban J connectivity index is 1.66. The summed E-state index contributed by atoms with van der Waals surface area (Å²) >= 11 is 0. The van der Waals surface area contributed by atoms with E-state index in [1.807, 2.05) is 0 Å². The van der Waals surface area contributed by atoms with Crippen molar-refractivity contribution < 1.29 is 28.7 Å². The fraction of sp³-hybridized carbons (Fsp3) is 0.412. The van der Waals surface area contributed by atoms with Crippen molar-refractivity contribution >= 4 is 23.8 Å². The van der Waals surface area contributed by atoms with E-state index < -0.39 is 11.0 Å². The van der Waals surface area contributed by atoms with Gasteiger partial charge >= 0.3 is 6.09 Å². The number of carbonyl (C=O) groups is 2. The van der Waals surface area contributed by atoms with Crippen LogP contribution < -0.4 is 9.47 Å². The molecule has 27 heavy (non-hydrogen) atoms. The normalized spacial score (nSPS) is 15.9. The largest absolute Gasteiger partial charge is 0.454 e. The van der Waals surface area contributed by atoms with Gasteiger partial charge in [0.2, 0.25) is 12.7 Å². The summed E-state index contributed by atoms with van der Waals surface area (Å²) in [7, 11) is 0. The molecule has 0 aliphatic carbocycles. The zero-order valence-electron chi connectivity index (χ0n) is 14.8. The van der Waals surface area contributed by atoms with Gasteiger partial charge in [0.25, 0.3) is 5.69 Å². The molecule has 1 aromatic carbocycles. The van der Waals surface area contributed by atoms with E-state index >= 15 is 0 Å². The Labute approximate surface area is 155 Å². The average Bonchev–Trinajstić information content (AvgIpc) is 3.13. The number of piperazine rings is 1. The summed E-state index contributed by atoms with van der Waals surface area (Å²) in [5, 5.41) is 11.3. The maximum atomic E-state index is 12.4. The minimum absolute atomic E-state index is 0.00330. The van der Waals surface area contributed by atoms with Crippen molar-refractivity contribution in [3.8, 4) is 11.5 Å². The Bertz CT molecular complexity index is 785. The third-order valence-electron chi connectivity index (χ3n) is 4.24. The quantitative estimate of drug-likeness (QED) is 0.445. The second-order valence-corrected chi connectivity index (χ2v) is 5.87. The molecule has 0 aromatic heterocycles. The van der Waals surface area contributed by atoms with Gasteiger partial charge in [-0.25, -0.2) is 4.79 Å². The van der Waals surface area contributed by atoms with Crippen LogP contribution in [0.5, 0.6) is 11.5 Å². The summed E-state index contributed by atoms with van der Waals surface area (Å²) in [5.74, 6) is 0.418. The average molecular weight is 377 g/mol. The van der Waals surface area contributed by atoms with E-state index in [9.17, 15) is 19.7 Å². The van der Waals surface area contributed by atoms with Crippen LogP contribution in [-0.4, -0.2) is 66.3 Å². The molecule has 1 fully saturated rings. The van der Waals surface area contributed by atoms with Crippen molar-refractivity contribution in [1.82, 2.24) is 9.80 Å². The van der Waals surface area contributed by atoms with E-state index in [1.165, 1.54) is 24.3 Å². The highest BCUT2D eigenvalue weighted by molar-refractivity contribution is 5.92. The molecule has 2 amide bonds. The smallest absolute Gasteiger partial charge is 0.409 e. The molecule has 10 nitrogen and oxygen atoms in total. The summed E-state index contributed by atoms with van der Waals surface area (Å²) in [6.45, 7) is 3.53. The standard InChI is InChI=1S/C17H19N3O7/c1-2-25-17(22)19-7-5-18(6-8-19)16(21)4-3-12-9-14-15(27-11-26-14)10-13(12)20(23)24/h3-4,9-10H,2,5-8,11H2,1H3. The molecule has 1 saturated heterocycles. The van der Waals surface area contributed by atoms with Crippen molar-refractivity contribution in [3.05, 3.63) is 33.9 Å². The molecule has 0 radical (unpaired) electrons. The van der Waals surface area contributed by atoms with E-state index in [2.05, 4.69) is 0 Å². The second kappa shape index (κ2) is 7.94. The summed E-state index contributed by atoms with van der Waals surface area (Å²) in [6.07, 6.45) is 2.28. The molecule has 0 bridgehead atoms. The first-order chi connectivity index (χ1) is 13.0. The summed E-state index contributed by atoms with van der Waals surface area (Å²) in [6, 6.07) is 2.76. The maximum absolute atomic E-state index is 12.4. The molecule has 2 heterocycles. The number of benzene rings is 1. The fourth-order valence-corrected chi connectivity index (χ4v) is 2.83. The third-order valence-corrected chi connectivity index (χ3v) is 4.24. The first-order valence-electron chi connectivity index (χ1n) is 8.46. The van der Waals surface area contributed by atoms with Crippen molar-refractivity contribution in [3.63, 3.8) is 0 Å². The zero-order chi connectivity index (χ0) is 19.4. The highest BCUT2D eigenvalue weighted by Crippen LogP contribution is 2.38. The lowest BCUT2D eigenvalue weighted by atomic mass is 10.1. The predicted octanol–water partition coefficient (Wildman–Crippen LogP) is 1.64. The van der Waals surface area contributed by atoms with Crippen LogP contribution in [0.15, 0.2) is 18.2 Å². The van der Waals surface area contributed by atoms with Crippen LogP contribution in [0.4, 0.5) is 10.5 Å². The third kappa shape index (κ3) is 4.10. The monoisotopic (exact) mass is 377 g/mol. The Morgan fingerprint density at radius 3 is 2.44 bits per heavy atom. The van der Waals surface area contributed by atoms with Crippen LogP contribution in [0.1, 0.15) is 12.5 Å². The minimum Gasteiger partial charge on any atom is -0.454 e. The number of rotatable bonds is 4. The first-order valence-corrected chi connectivity index (χ1v) is 8.46. The Hall–Kier alpha value is -3.30. The topological polar surface area (TPSA) is 111 Å². The molecule has 0 spiro atoms. The fourth-order valence-electron chi connectivity index (χ4n) is 2.83. The Morgan fingerprint density at radius 2 is 1.81 bits per heavy atom. The number of nitro benzene ring substituents is 1. The molecule has 1 aromatic rings. The molecule has 2 aliphatic heterocycles. The number of hydrogen-bond acceptors (Lipinski definition) is 7. The SMILES string of the molecule is CCOC(=O)N1CCN(C(=O)C=Cc2cc3c(cc2[N+](=O)[O-])OCO3)CC1. The minimum atomic E-state index is -0.537. The number of hydrogen-bond donors (Lipinski definition) is 0. The lowest BCUT2D eigenvalue weighted by molar-refractivity contribution is -0.385. The van der Waals surface area contributed by atoms with Gasteiger partial charge in [-0.1, -0.05) is 0 Å². The van der Waals surface area contributed by atoms with Crippen molar-refractivity contribution in [2.24, 2.45) is 0 Å². The van der Waals surface area contributed by atoms with Crippen LogP contribution >= 0.6 is 0 Å². The number of fused-ring (bicyclic) bond motifs is 1. The molecule has 3 rings (SSSR count). The molecule has 0 N–H and O–H groups in total. The molecular formula is C17H19N3O7. The van der Waals surface area contributed by atoms with Gasteiger partial charge in [-0.3, -0.25) is 14.9 Å². The molecule has 144 valence electrons. The van der Waals surface area contributed by atoms with E-state index in [0.717, 1.165) is 0 Å². The number of ether oxygens (including phenoxy) is 3. The summed E-state index contributed by atoms with van der Waals surface area (Å²) in [4.78, 5) is 37.9. The van der Waals surface area contributed by atoms with E-state index in [1.54, 1.807) is 16.7 Å². The van der Waals surface area contributed by atoms with Gasteiger partial charge in [0.05, 0.1) is 23.2 Å². The highest BCUT2D eigenvalue weighted by atomic mass is 16.7. The Kier molecular flexibility index (Phi) is 5.43. The first kappa shape index (κ1) is 18.5. The molecule has 2 aliphatic rings.